The molecule has 5 rings (SSSR count). The van der Waals surface area contributed by atoms with Gasteiger partial charge in [-0.05, 0) is 68.1 Å². The molecule has 1 saturated heterocycles. The Labute approximate surface area is 189 Å². The zero-order valence-electron chi connectivity index (χ0n) is 19.8. The van der Waals surface area contributed by atoms with E-state index in [2.05, 4.69) is 13.8 Å². The van der Waals surface area contributed by atoms with Crippen LogP contribution in [0.25, 0.3) is 0 Å². The van der Waals surface area contributed by atoms with Crippen molar-refractivity contribution in [2.24, 2.45) is 34.5 Å². The molecule has 0 unspecified atom stereocenters. The summed E-state index contributed by atoms with van der Waals surface area (Å²) in [5, 5.41) is 0. The lowest BCUT2D eigenvalue weighted by molar-refractivity contribution is -0.212. The first-order chi connectivity index (χ1) is 15.1. The summed E-state index contributed by atoms with van der Waals surface area (Å²) >= 11 is 0. The summed E-state index contributed by atoms with van der Waals surface area (Å²) in [6.07, 6.45) is 5.90. The highest BCUT2D eigenvalue weighted by atomic mass is 16.6. The number of carbonyl (C=O) groups is 3. The maximum atomic E-state index is 12.8. The first-order valence-corrected chi connectivity index (χ1v) is 12.2. The van der Waals surface area contributed by atoms with Crippen molar-refractivity contribution in [3.8, 4) is 0 Å². The first kappa shape index (κ1) is 22.2. The van der Waals surface area contributed by atoms with E-state index in [4.69, 9.17) is 18.9 Å². The van der Waals surface area contributed by atoms with Gasteiger partial charge in [0.2, 0.25) is 0 Å². The van der Waals surface area contributed by atoms with Gasteiger partial charge in [0.25, 0.3) is 0 Å². The molecule has 0 amide bonds. The first-order valence-electron chi connectivity index (χ1n) is 12.2. The number of fused-ring (bicyclic) bond motifs is 3. The Kier molecular flexibility index (Phi) is 4.98. The quantitative estimate of drug-likeness (QED) is 0.371. The van der Waals surface area contributed by atoms with Gasteiger partial charge in [-0.15, -0.1) is 0 Å². The lowest BCUT2D eigenvalue weighted by Gasteiger charge is -2.62. The van der Waals surface area contributed by atoms with Crippen molar-refractivity contribution in [1.82, 2.24) is 0 Å². The highest BCUT2D eigenvalue weighted by Gasteiger charge is 2.84. The van der Waals surface area contributed by atoms with Crippen LogP contribution in [-0.4, -0.2) is 48.9 Å². The van der Waals surface area contributed by atoms with E-state index in [1.165, 1.54) is 21.0 Å². The topological polar surface area (TPSA) is 91.4 Å². The second-order valence-electron chi connectivity index (χ2n) is 11.3. The molecule has 7 heteroatoms. The zero-order valence-corrected chi connectivity index (χ0v) is 19.8. The lowest BCUT2D eigenvalue weighted by atomic mass is 9.43. The second-order valence-corrected chi connectivity index (χ2v) is 11.3. The molecule has 0 N–H and O–H groups in total. The van der Waals surface area contributed by atoms with Crippen molar-refractivity contribution in [1.29, 1.82) is 0 Å². The molecule has 1 heterocycles. The van der Waals surface area contributed by atoms with Gasteiger partial charge in [-0.2, -0.15) is 0 Å². The van der Waals surface area contributed by atoms with E-state index in [0.717, 1.165) is 38.5 Å². The van der Waals surface area contributed by atoms with Crippen LogP contribution >= 0.6 is 0 Å². The molecule has 32 heavy (non-hydrogen) atoms. The molecule has 0 radical (unpaired) electrons. The van der Waals surface area contributed by atoms with Gasteiger partial charge in [-0.3, -0.25) is 14.4 Å². The van der Waals surface area contributed by atoms with Crippen LogP contribution < -0.4 is 0 Å². The van der Waals surface area contributed by atoms with Gasteiger partial charge in [0.1, 0.15) is 17.8 Å². The molecule has 0 aromatic carbocycles. The summed E-state index contributed by atoms with van der Waals surface area (Å²) in [5.41, 5.74) is -0.917. The lowest BCUT2D eigenvalue weighted by Crippen LogP contribution is -2.64. The standard InChI is InChI=1S/C25H36O7/c1-13(26)30-16-8-9-23(3)15(10-16)6-7-17-18(23)11-20(31-14(2)27)24(4)19(22(28)29-5)12-21-25(17,24)32-21/h15-21H,6-12H2,1-5H3/t15-,16+,17-,18+,19-,20+,21+,23+,24+,25+/m1/s1. The van der Waals surface area contributed by atoms with E-state index in [9.17, 15) is 14.4 Å². The van der Waals surface area contributed by atoms with Crippen LogP contribution in [0.2, 0.25) is 0 Å². The molecule has 10 atom stereocenters. The molecule has 4 saturated carbocycles. The van der Waals surface area contributed by atoms with Gasteiger partial charge in [-0.25, -0.2) is 0 Å². The fourth-order valence-electron chi connectivity index (χ4n) is 8.81. The van der Waals surface area contributed by atoms with Crippen molar-refractivity contribution in [3.05, 3.63) is 0 Å². The molecule has 0 bridgehead atoms. The molecule has 7 nitrogen and oxygen atoms in total. The summed E-state index contributed by atoms with van der Waals surface area (Å²) in [4.78, 5) is 36.5. The van der Waals surface area contributed by atoms with Crippen LogP contribution in [0.15, 0.2) is 0 Å². The number of ether oxygens (including phenoxy) is 4. The summed E-state index contributed by atoms with van der Waals surface area (Å²) in [5.74, 6) is 0.0958. The maximum Gasteiger partial charge on any atom is 0.309 e. The van der Waals surface area contributed by atoms with Crippen molar-refractivity contribution < 1.29 is 33.3 Å². The summed E-state index contributed by atoms with van der Waals surface area (Å²) in [6.45, 7) is 7.41. The van der Waals surface area contributed by atoms with Crippen LogP contribution in [0.3, 0.4) is 0 Å². The summed E-state index contributed by atoms with van der Waals surface area (Å²) < 4.78 is 23.2. The molecule has 1 spiro atoms. The third kappa shape index (κ3) is 2.78. The highest BCUT2D eigenvalue weighted by Crippen LogP contribution is 2.76. The SMILES string of the molecule is COC(=O)[C@H]1C[C@@H]2O[C@@]23[C@@H]2CC[C@@H]4C[C@@H](OC(C)=O)CC[C@]4(C)[C@H]2C[C@H](OC(C)=O)[C@]13C. The Morgan fingerprint density at radius 3 is 2.28 bits per heavy atom. The number of rotatable bonds is 3. The van der Waals surface area contributed by atoms with Crippen molar-refractivity contribution >= 4 is 17.9 Å². The molecular formula is C25H36O7. The zero-order chi connectivity index (χ0) is 23.1. The normalized spacial score (nSPS) is 50.7. The molecule has 1 aliphatic heterocycles. The molecule has 5 aliphatic rings. The monoisotopic (exact) mass is 448 g/mol. The molecule has 5 fully saturated rings. The van der Waals surface area contributed by atoms with E-state index < -0.39 is 11.0 Å². The van der Waals surface area contributed by atoms with Crippen LogP contribution in [0.5, 0.6) is 0 Å². The molecule has 0 aromatic rings. The van der Waals surface area contributed by atoms with Gasteiger partial charge in [0, 0.05) is 19.3 Å². The molecule has 4 aliphatic carbocycles. The van der Waals surface area contributed by atoms with E-state index in [1.54, 1.807) is 0 Å². The Morgan fingerprint density at radius 1 is 0.906 bits per heavy atom. The van der Waals surface area contributed by atoms with Crippen LogP contribution in [-0.2, 0) is 33.3 Å². The average Bonchev–Trinajstić information content (AvgIpc) is 3.38. The van der Waals surface area contributed by atoms with Gasteiger partial charge >= 0.3 is 17.9 Å². The Bertz CT molecular complexity index is 840. The minimum atomic E-state index is -0.574. The van der Waals surface area contributed by atoms with Gasteiger partial charge in [0.05, 0.1) is 19.1 Å². The predicted molar refractivity (Wildman–Crippen MR) is 113 cm³/mol. The Balaban J connectivity index is 1.49. The summed E-state index contributed by atoms with van der Waals surface area (Å²) in [6, 6.07) is 0. The number of hydrogen-bond donors (Lipinski definition) is 0. The summed E-state index contributed by atoms with van der Waals surface area (Å²) in [7, 11) is 1.43. The fourth-order valence-corrected chi connectivity index (χ4v) is 8.81. The number of esters is 3. The van der Waals surface area contributed by atoms with Crippen molar-refractivity contribution in [2.45, 2.75) is 96.6 Å². The molecular weight excluding hydrogens is 412 g/mol. The number of hydrogen-bond acceptors (Lipinski definition) is 7. The van der Waals surface area contributed by atoms with Crippen LogP contribution in [0.1, 0.15) is 72.6 Å². The van der Waals surface area contributed by atoms with Crippen molar-refractivity contribution in [2.75, 3.05) is 7.11 Å². The number of methoxy groups -OCH3 is 1. The largest absolute Gasteiger partial charge is 0.469 e. The Hall–Kier alpha value is -1.63. The van der Waals surface area contributed by atoms with E-state index in [0.29, 0.717) is 24.2 Å². The van der Waals surface area contributed by atoms with E-state index in [-0.39, 0.29) is 47.6 Å². The van der Waals surface area contributed by atoms with E-state index >= 15 is 0 Å². The van der Waals surface area contributed by atoms with Crippen LogP contribution in [0, 0.1) is 34.5 Å². The molecule has 0 aromatic heterocycles. The minimum absolute atomic E-state index is 0.00137. The average molecular weight is 449 g/mol. The Morgan fingerprint density at radius 2 is 1.62 bits per heavy atom. The van der Waals surface area contributed by atoms with Gasteiger partial charge < -0.3 is 18.9 Å². The second kappa shape index (κ2) is 7.18. The smallest absolute Gasteiger partial charge is 0.309 e. The number of epoxide rings is 1. The third-order valence-corrected chi connectivity index (χ3v) is 10.2. The third-order valence-electron chi connectivity index (χ3n) is 10.2. The number of carbonyl (C=O) groups excluding carboxylic acids is 3. The van der Waals surface area contributed by atoms with Gasteiger partial charge in [-0.1, -0.05) is 13.8 Å². The maximum absolute atomic E-state index is 12.8. The van der Waals surface area contributed by atoms with Gasteiger partial charge in [0.15, 0.2) is 0 Å². The predicted octanol–water partition coefficient (Wildman–Crippen LogP) is 3.42. The minimum Gasteiger partial charge on any atom is -0.469 e. The molecule has 178 valence electrons. The fraction of sp³-hybridized carbons (Fsp3) is 0.880. The highest BCUT2D eigenvalue weighted by molar-refractivity contribution is 5.75. The van der Waals surface area contributed by atoms with Crippen LogP contribution in [0.4, 0.5) is 0 Å². The van der Waals surface area contributed by atoms with Crippen molar-refractivity contribution in [3.63, 3.8) is 0 Å². The van der Waals surface area contributed by atoms with E-state index in [1.807, 2.05) is 0 Å².